The van der Waals surface area contributed by atoms with Crippen LogP contribution < -0.4 is 10.2 Å². The molecule has 0 spiro atoms. The lowest BCUT2D eigenvalue weighted by atomic mass is 10.1. The third-order valence-electron chi connectivity index (χ3n) is 4.57. The Morgan fingerprint density at radius 1 is 0.900 bits per heavy atom. The number of hydrogen-bond acceptors (Lipinski definition) is 5. The van der Waals surface area contributed by atoms with Gasteiger partial charge in [0.1, 0.15) is 0 Å². The summed E-state index contributed by atoms with van der Waals surface area (Å²) in [6.45, 7) is 0. The van der Waals surface area contributed by atoms with E-state index in [9.17, 15) is 24.5 Å². The predicted molar refractivity (Wildman–Crippen MR) is 113 cm³/mol. The highest BCUT2D eigenvalue weighted by Gasteiger charge is 2.36. The van der Waals surface area contributed by atoms with Gasteiger partial charge in [0.2, 0.25) is 0 Å². The molecule has 8 nitrogen and oxygen atoms in total. The fourth-order valence-electron chi connectivity index (χ4n) is 3.08. The minimum Gasteiger partial charge on any atom is -0.322 e. The van der Waals surface area contributed by atoms with Gasteiger partial charge in [0.25, 0.3) is 23.4 Å². The van der Waals surface area contributed by atoms with E-state index in [1.165, 1.54) is 42.5 Å². The van der Waals surface area contributed by atoms with Crippen LogP contribution in [0.25, 0.3) is 0 Å². The Bertz CT molecular complexity index is 1210. The van der Waals surface area contributed by atoms with E-state index in [2.05, 4.69) is 21.2 Å². The van der Waals surface area contributed by atoms with Crippen LogP contribution >= 0.6 is 15.9 Å². The Hall–Kier alpha value is -3.85. The van der Waals surface area contributed by atoms with Crippen molar-refractivity contribution < 1.29 is 19.3 Å². The zero-order valence-corrected chi connectivity index (χ0v) is 16.8. The number of non-ortho nitro benzene ring substituents is 1. The number of nitro groups is 1. The van der Waals surface area contributed by atoms with Gasteiger partial charge in [-0.2, -0.15) is 0 Å². The maximum Gasteiger partial charge on any atom is 0.269 e. The lowest BCUT2D eigenvalue weighted by molar-refractivity contribution is -0.384. The van der Waals surface area contributed by atoms with E-state index in [-0.39, 0.29) is 22.4 Å². The van der Waals surface area contributed by atoms with Crippen molar-refractivity contribution in [1.82, 2.24) is 0 Å². The van der Waals surface area contributed by atoms with Crippen LogP contribution in [-0.4, -0.2) is 22.6 Å². The second-order valence-corrected chi connectivity index (χ2v) is 7.36. The number of amides is 3. The Balaban J connectivity index is 1.57. The first-order chi connectivity index (χ1) is 14.3. The summed E-state index contributed by atoms with van der Waals surface area (Å²) in [6, 6.07) is 16.4. The van der Waals surface area contributed by atoms with E-state index in [1.807, 2.05) is 0 Å². The zero-order chi connectivity index (χ0) is 21.4. The van der Waals surface area contributed by atoms with Crippen LogP contribution in [0.5, 0.6) is 0 Å². The van der Waals surface area contributed by atoms with Gasteiger partial charge in [-0.1, -0.05) is 15.9 Å². The summed E-state index contributed by atoms with van der Waals surface area (Å²) < 4.78 is 0.819. The Morgan fingerprint density at radius 3 is 2.17 bits per heavy atom. The largest absolute Gasteiger partial charge is 0.322 e. The molecule has 0 fully saturated rings. The number of halogens is 1. The average molecular weight is 466 g/mol. The Kier molecular flexibility index (Phi) is 4.88. The quantitative estimate of drug-likeness (QED) is 0.348. The third-order valence-corrected chi connectivity index (χ3v) is 5.10. The summed E-state index contributed by atoms with van der Waals surface area (Å²) in [5, 5.41) is 13.4. The second-order valence-electron chi connectivity index (χ2n) is 6.44. The molecule has 9 heteroatoms. The summed E-state index contributed by atoms with van der Waals surface area (Å²) in [5.74, 6) is -1.42. The number of carbonyl (C=O) groups is 3. The van der Waals surface area contributed by atoms with Crippen LogP contribution in [0.4, 0.5) is 17.1 Å². The van der Waals surface area contributed by atoms with Crippen molar-refractivity contribution in [3.8, 4) is 0 Å². The van der Waals surface area contributed by atoms with E-state index >= 15 is 0 Å². The topological polar surface area (TPSA) is 110 Å². The molecule has 0 radical (unpaired) electrons. The minimum atomic E-state index is -0.554. The van der Waals surface area contributed by atoms with Gasteiger partial charge >= 0.3 is 0 Å². The van der Waals surface area contributed by atoms with E-state index < -0.39 is 22.6 Å². The van der Waals surface area contributed by atoms with E-state index in [4.69, 9.17) is 0 Å². The highest BCUT2D eigenvalue weighted by molar-refractivity contribution is 9.10. The van der Waals surface area contributed by atoms with Crippen molar-refractivity contribution in [3.63, 3.8) is 0 Å². The molecule has 3 aromatic carbocycles. The SMILES string of the molecule is O=C(Nc1ccc2c(c1)C(=O)N(c1ccc(Br)cc1)C2=O)c1ccc([N+](=O)[O-])cc1. The predicted octanol–water partition coefficient (Wildman–Crippen LogP) is 4.41. The molecule has 30 heavy (non-hydrogen) atoms. The van der Waals surface area contributed by atoms with Gasteiger partial charge < -0.3 is 5.32 Å². The van der Waals surface area contributed by atoms with Gasteiger partial charge in [-0.05, 0) is 54.6 Å². The van der Waals surface area contributed by atoms with E-state index in [0.717, 1.165) is 9.37 Å². The fourth-order valence-corrected chi connectivity index (χ4v) is 3.35. The summed E-state index contributed by atoms with van der Waals surface area (Å²) in [4.78, 5) is 49.2. The van der Waals surface area contributed by atoms with Crippen LogP contribution in [0.15, 0.2) is 71.2 Å². The van der Waals surface area contributed by atoms with Crippen molar-refractivity contribution in [1.29, 1.82) is 0 Å². The maximum atomic E-state index is 12.8. The van der Waals surface area contributed by atoms with Gasteiger partial charge in [-0.25, -0.2) is 4.90 Å². The Morgan fingerprint density at radius 2 is 1.53 bits per heavy atom. The highest BCUT2D eigenvalue weighted by atomic mass is 79.9. The number of anilines is 2. The van der Waals surface area contributed by atoms with Crippen molar-refractivity contribution in [3.05, 3.63) is 98.0 Å². The molecule has 0 atom stereocenters. The molecule has 3 amide bonds. The molecule has 1 heterocycles. The van der Waals surface area contributed by atoms with Crippen molar-refractivity contribution in [2.75, 3.05) is 10.2 Å². The molecule has 0 saturated carbocycles. The highest BCUT2D eigenvalue weighted by Crippen LogP contribution is 2.31. The molecule has 148 valence electrons. The first-order valence-corrected chi connectivity index (χ1v) is 9.48. The van der Waals surface area contributed by atoms with Crippen molar-refractivity contribution >= 4 is 50.7 Å². The molecular formula is C21H12BrN3O5. The average Bonchev–Trinajstić information content (AvgIpc) is 2.98. The molecule has 0 saturated heterocycles. The number of nitrogens with zero attached hydrogens (tertiary/aromatic N) is 2. The van der Waals surface area contributed by atoms with Crippen LogP contribution in [-0.2, 0) is 0 Å². The maximum absolute atomic E-state index is 12.8. The second kappa shape index (κ2) is 7.53. The summed E-state index contributed by atoms with van der Waals surface area (Å²) >= 11 is 3.31. The van der Waals surface area contributed by atoms with Gasteiger partial charge in [0.15, 0.2) is 0 Å². The first-order valence-electron chi connectivity index (χ1n) is 8.69. The number of imide groups is 1. The first kappa shape index (κ1) is 19.5. The molecule has 4 rings (SSSR count). The molecule has 0 aromatic heterocycles. The number of carbonyl (C=O) groups excluding carboxylic acids is 3. The smallest absolute Gasteiger partial charge is 0.269 e. The summed E-state index contributed by atoms with van der Waals surface area (Å²) in [5.41, 5.74) is 1.30. The number of fused-ring (bicyclic) bond motifs is 1. The van der Waals surface area contributed by atoms with Crippen LogP contribution in [0, 0.1) is 10.1 Å². The molecule has 1 aliphatic heterocycles. The molecule has 0 unspecified atom stereocenters. The lowest BCUT2D eigenvalue weighted by Gasteiger charge is -2.13. The van der Waals surface area contributed by atoms with Crippen LogP contribution in [0.1, 0.15) is 31.1 Å². The summed E-state index contributed by atoms with van der Waals surface area (Å²) in [6.07, 6.45) is 0. The van der Waals surface area contributed by atoms with Gasteiger partial charge in [0, 0.05) is 27.9 Å². The van der Waals surface area contributed by atoms with Gasteiger partial charge in [-0.3, -0.25) is 24.5 Å². The standard InChI is InChI=1S/C21H12BrN3O5/c22-13-3-8-15(9-4-13)24-20(27)17-10-5-14(11-18(17)21(24)28)23-19(26)12-1-6-16(7-2-12)25(29)30/h1-11H,(H,23,26). The molecule has 1 aliphatic rings. The number of benzene rings is 3. The number of hydrogen-bond donors (Lipinski definition) is 1. The Labute approximate surface area is 178 Å². The third kappa shape index (κ3) is 3.46. The monoisotopic (exact) mass is 465 g/mol. The normalized spacial score (nSPS) is 12.6. The number of nitrogens with one attached hydrogen (secondary N) is 1. The van der Waals surface area contributed by atoms with Crippen LogP contribution in [0.2, 0.25) is 0 Å². The van der Waals surface area contributed by atoms with Crippen molar-refractivity contribution in [2.45, 2.75) is 0 Å². The fraction of sp³-hybridized carbons (Fsp3) is 0. The zero-order valence-electron chi connectivity index (χ0n) is 15.2. The lowest BCUT2D eigenvalue weighted by Crippen LogP contribution is -2.29. The molecule has 0 aliphatic carbocycles. The van der Waals surface area contributed by atoms with Gasteiger partial charge in [0.05, 0.1) is 21.7 Å². The van der Waals surface area contributed by atoms with Gasteiger partial charge in [-0.15, -0.1) is 0 Å². The molecular weight excluding hydrogens is 454 g/mol. The van der Waals surface area contributed by atoms with E-state index in [1.54, 1.807) is 24.3 Å². The molecule has 1 N–H and O–H groups in total. The van der Waals surface area contributed by atoms with Crippen molar-refractivity contribution in [2.24, 2.45) is 0 Å². The van der Waals surface area contributed by atoms with E-state index in [0.29, 0.717) is 11.4 Å². The number of rotatable bonds is 4. The number of nitro benzene ring substituents is 1. The minimum absolute atomic E-state index is 0.124. The molecule has 0 bridgehead atoms. The van der Waals surface area contributed by atoms with Crippen LogP contribution in [0.3, 0.4) is 0 Å². The summed E-state index contributed by atoms with van der Waals surface area (Å²) in [7, 11) is 0. The molecule has 3 aromatic rings.